The monoisotopic (exact) mass is 368 g/mol. The molecule has 6 nitrogen and oxygen atoms in total. The molecule has 1 aromatic carbocycles. The van der Waals surface area contributed by atoms with Gasteiger partial charge in [0.05, 0.1) is 10.9 Å². The molecule has 3 aromatic rings. The predicted octanol–water partition coefficient (Wildman–Crippen LogP) is 3.63. The van der Waals surface area contributed by atoms with E-state index in [4.69, 9.17) is 0 Å². The van der Waals surface area contributed by atoms with Gasteiger partial charge in [-0.25, -0.2) is 0 Å². The van der Waals surface area contributed by atoms with Crippen LogP contribution in [0.15, 0.2) is 42.7 Å². The summed E-state index contributed by atoms with van der Waals surface area (Å²) in [5.74, 6) is 0.678. The maximum atomic E-state index is 12.4. The Hall–Kier alpha value is -2.80. The number of nitrogens with zero attached hydrogens (tertiary/aromatic N) is 3. The van der Waals surface area contributed by atoms with Gasteiger partial charge in [-0.1, -0.05) is 19.1 Å². The van der Waals surface area contributed by atoms with Crippen molar-refractivity contribution < 1.29 is 9.59 Å². The molecule has 3 rings (SSSR count). The first-order valence-corrected chi connectivity index (χ1v) is 9.19. The van der Waals surface area contributed by atoms with Crippen molar-refractivity contribution in [2.24, 2.45) is 7.05 Å². The molecule has 0 aliphatic carbocycles. The van der Waals surface area contributed by atoms with Gasteiger partial charge >= 0.3 is 0 Å². The lowest BCUT2D eigenvalue weighted by molar-refractivity contribution is 0.0936. The number of rotatable bonds is 6. The number of carbonyl (C=O) groups is 2. The van der Waals surface area contributed by atoms with E-state index < -0.39 is 0 Å². The van der Waals surface area contributed by atoms with Crippen molar-refractivity contribution in [2.75, 3.05) is 0 Å². The molecule has 2 aromatic heterocycles. The molecule has 134 valence electrons. The van der Waals surface area contributed by atoms with Crippen molar-refractivity contribution in [3.8, 4) is 10.4 Å². The van der Waals surface area contributed by atoms with Crippen LogP contribution in [0.4, 0.5) is 0 Å². The summed E-state index contributed by atoms with van der Waals surface area (Å²) in [7, 11) is 1.84. The van der Waals surface area contributed by atoms with Crippen LogP contribution < -0.4 is 5.32 Å². The molecular formula is C19H20N4O2S. The molecule has 0 radical (unpaired) electrons. The topological polar surface area (TPSA) is 76.9 Å². The van der Waals surface area contributed by atoms with Gasteiger partial charge in [0.15, 0.2) is 11.6 Å². The van der Waals surface area contributed by atoms with Crippen molar-refractivity contribution in [1.82, 2.24) is 20.1 Å². The zero-order chi connectivity index (χ0) is 18.7. The summed E-state index contributed by atoms with van der Waals surface area (Å²) in [6.45, 7) is 3.73. The maximum Gasteiger partial charge on any atom is 0.251 e. The molecule has 0 bridgehead atoms. The number of aryl methyl sites for hydroxylation is 1. The molecule has 7 heteroatoms. The molecule has 0 spiro atoms. The van der Waals surface area contributed by atoms with Gasteiger partial charge in [0, 0.05) is 23.9 Å². The molecule has 1 amide bonds. The largest absolute Gasteiger partial charge is 0.342 e. The minimum atomic E-state index is -0.241. The molecule has 1 unspecified atom stereocenters. The van der Waals surface area contributed by atoms with E-state index in [9.17, 15) is 9.59 Å². The Bertz CT molecular complexity index is 927. The van der Waals surface area contributed by atoms with E-state index in [0.717, 1.165) is 15.3 Å². The van der Waals surface area contributed by atoms with Gasteiger partial charge in [-0.15, -0.1) is 21.5 Å². The predicted molar refractivity (Wildman–Crippen MR) is 101 cm³/mol. The van der Waals surface area contributed by atoms with E-state index in [1.807, 2.05) is 45.2 Å². The van der Waals surface area contributed by atoms with Crippen molar-refractivity contribution in [2.45, 2.75) is 26.3 Å². The number of Topliss-reactive ketones (excluding diaryl/α,β-unsaturated/α-hetero) is 1. The lowest BCUT2D eigenvalue weighted by atomic mass is 10.1. The van der Waals surface area contributed by atoms with Crippen LogP contribution in [0.3, 0.4) is 0 Å². The minimum Gasteiger partial charge on any atom is -0.342 e. The molecule has 0 saturated heterocycles. The Balaban J connectivity index is 1.71. The minimum absolute atomic E-state index is 0.148. The zero-order valence-electron chi connectivity index (χ0n) is 14.9. The lowest BCUT2D eigenvalue weighted by Gasteiger charge is -2.13. The Labute approximate surface area is 155 Å². The average molecular weight is 368 g/mol. The number of hydrogen-bond acceptors (Lipinski definition) is 5. The summed E-state index contributed by atoms with van der Waals surface area (Å²) < 4.78 is 1.78. The van der Waals surface area contributed by atoms with Crippen molar-refractivity contribution in [1.29, 1.82) is 0 Å². The normalized spacial score (nSPS) is 12.0. The summed E-state index contributed by atoms with van der Waals surface area (Å²) in [5, 5.41) is 10.8. The third-order valence-corrected chi connectivity index (χ3v) is 5.29. The molecule has 26 heavy (non-hydrogen) atoms. The Morgan fingerprint density at radius 3 is 2.54 bits per heavy atom. The second kappa shape index (κ2) is 7.61. The molecule has 1 atom stereocenters. The van der Waals surface area contributed by atoms with E-state index in [1.54, 1.807) is 23.0 Å². The highest BCUT2D eigenvalue weighted by molar-refractivity contribution is 7.17. The van der Waals surface area contributed by atoms with E-state index in [0.29, 0.717) is 17.8 Å². The summed E-state index contributed by atoms with van der Waals surface area (Å²) >= 11 is 1.48. The molecule has 0 saturated carbocycles. The number of nitrogens with one attached hydrogen (secondary N) is 1. The third-order valence-electron chi connectivity index (χ3n) is 4.11. The second-order valence-electron chi connectivity index (χ2n) is 6.01. The Morgan fingerprint density at radius 2 is 1.92 bits per heavy atom. The number of thiophene rings is 1. The van der Waals surface area contributed by atoms with E-state index >= 15 is 0 Å². The fourth-order valence-electron chi connectivity index (χ4n) is 2.63. The first-order chi connectivity index (χ1) is 12.5. The third kappa shape index (κ3) is 3.72. The van der Waals surface area contributed by atoms with Crippen molar-refractivity contribution in [3.05, 3.63) is 59.0 Å². The molecule has 0 aliphatic heterocycles. The molecular weight excluding hydrogens is 348 g/mol. The Morgan fingerprint density at radius 1 is 1.19 bits per heavy atom. The van der Waals surface area contributed by atoms with Gasteiger partial charge in [-0.05, 0) is 36.8 Å². The van der Waals surface area contributed by atoms with Gasteiger partial charge in [0.25, 0.3) is 5.91 Å². The highest BCUT2D eigenvalue weighted by Gasteiger charge is 2.16. The number of ketones is 1. The van der Waals surface area contributed by atoms with Crippen LogP contribution in [0.2, 0.25) is 0 Å². The first kappa shape index (κ1) is 18.0. The van der Waals surface area contributed by atoms with Crippen LogP contribution in [0.25, 0.3) is 10.4 Å². The maximum absolute atomic E-state index is 12.4. The van der Waals surface area contributed by atoms with E-state index in [1.165, 1.54) is 11.3 Å². The standard InChI is InChI=1S/C19H20N4O2S/c1-4-15(24)17-10-9-16(26-17)13-5-7-14(8-6-13)19(25)21-12(2)18-22-20-11-23(18)3/h5-12H,4H2,1-3H3,(H,21,25). The van der Waals surface area contributed by atoms with Gasteiger partial charge < -0.3 is 9.88 Å². The van der Waals surface area contributed by atoms with Gasteiger partial charge in [-0.2, -0.15) is 0 Å². The van der Waals surface area contributed by atoms with Gasteiger partial charge in [0.1, 0.15) is 6.33 Å². The lowest BCUT2D eigenvalue weighted by Crippen LogP contribution is -2.28. The summed E-state index contributed by atoms with van der Waals surface area (Å²) in [4.78, 5) is 26.0. The average Bonchev–Trinajstić information content (AvgIpc) is 3.30. The fraction of sp³-hybridized carbons (Fsp3) is 0.263. The van der Waals surface area contributed by atoms with Crippen molar-refractivity contribution in [3.63, 3.8) is 0 Å². The smallest absolute Gasteiger partial charge is 0.251 e. The highest BCUT2D eigenvalue weighted by Crippen LogP contribution is 2.29. The first-order valence-electron chi connectivity index (χ1n) is 8.37. The van der Waals surface area contributed by atoms with Crippen LogP contribution in [0.1, 0.15) is 52.2 Å². The quantitative estimate of drug-likeness (QED) is 0.674. The van der Waals surface area contributed by atoms with Crippen LogP contribution >= 0.6 is 11.3 Å². The fourth-order valence-corrected chi connectivity index (χ4v) is 3.65. The van der Waals surface area contributed by atoms with Crippen LogP contribution in [-0.2, 0) is 7.05 Å². The molecule has 2 heterocycles. The van der Waals surface area contributed by atoms with Crippen LogP contribution in [0, 0.1) is 0 Å². The second-order valence-corrected chi connectivity index (χ2v) is 7.10. The highest BCUT2D eigenvalue weighted by atomic mass is 32.1. The van der Waals surface area contributed by atoms with E-state index in [-0.39, 0.29) is 17.7 Å². The number of aromatic nitrogens is 3. The zero-order valence-corrected chi connectivity index (χ0v) is 15.7. The molecule has 0 aliphatic rings. The van der Waals surface area contributed by atoms with Crippen LogP contribution in [-0.4, -0.2) is 26.5 Å². The van der Waals surface area contributed by atoms with Gasteiger partial charge in [-0.3, -0.25) is 9.59 Å². The number of amides is 1. The summed E-state index contributed by atoms with van der Waals surface area (Å²) in [5.41, 5.74) is 1.56. The number of benzene rings is 1. The number of carbonyl (C=O) groups excluding carboxylic acids is 2. The summed E-state index contributed by atoms with van der Waals surface area (Å²) in [6, 6.07) is 10.9. The SMILES string of the molecule is CCC(=O)c1ccc(-c2ccc(C(=O)NC(C)c3nncn3C)cc2)s1. The molecule has 1 N–H and O–H groups in total. The summed E-state index contributed by atoms with van der Waals surface area (Å²) in [6.07, 6.45) is 2.11. The van der Waals surface area contributed by atoms with Gasteiger partial charge in [0.2, 0.25) is 0 Å². The van der Waals surface area contributed by atoms with E-state index in [2.05, 4.69) is 15.5 Å². The Kier molecular flexibility index (Phi) is 5.27. The van der Waals surface area contributed by atoms with Crippen LogP contribution in [0.5, 0.6) is 0 Å². The van der Waals surface area contributed by atoms with Crippen molar-refractivity contribution >= 4 is 23.0 Å². The number of hydrogen-bond donors (Lipinski definition) is 1. The molecule has 0 fully saturated rings.